The van der Waals surface area contributed by atoms with Gasteiger partial charge in [0.2, 0.25) is 0 Å². The lowest BCUT2D eigenvalue weighted by molar-refractivity contribution is -0.150. The number of allylic oxidation sites excluding steroid dienone is 5. The predicted octanol–water partition coefficient (Wildman–Crippen LogP) is 1.30. The Kier molecular flexibility index (Phi) is 9.20. The fourth-order valence-electron chi connectivity index (χ4n) is 4.44. The zero-order valence-electron chi connectivity index (χ0n) is 23.4. The molecule has 0 saturated carbocycles. The maximum atomic E-state index is 13.1. The summed E-state index contributed by atoms with van der Waals surface area (Å²) in [5.41, 5.74) is 7.24. The Hall–Kier alpha value is -5.54. The molecule has 1 aromatic rings. The minimum atomic E-state index is -1.26. The van der Waals surface area contributed by atoms with E-state index < -0.39 is 35.1 Å². The number of nitrogen functional groups attached to an aromatic ring is 1. The Bertz CT molecular complexity index is 1730. The molecule has 0 unspecified atom stereocenters. The summed E-state index contributed by atoms with van der Waals surface area (Å²) in [6.07, 6.45) is 13.5. The fraction of sp³-hybridized carbons (Fsp3) is 0.222. The summed E-state index contributed by atoms with van der Waals surface area (Å²) in [7, 11) is 0. The van der Waals surface area contributed by atoms with E-state index in [1.54, 1.807) is 55.2 Å². The molecule has 45 heavy (non-hydrogen) atoms. The number of anilines is 1. The summed E-state index contributed by atoms with van der Waals surface area (Å²) in [6, 6.07) is -0.969. The van der Waals surface area contributed by atoms with Crippen molar-refractivity contribution < 1.29 is 29.1 Å². The van der Waals surface area contributed by atoms with Crippen molar-refractivity contribution in [2.24, 2.45) is 15.4 Å². The number of β-lactam (4-membered cyclic amide) rings is 1. The highest BCUT2D eigenvalue weighted by Gasteiger charge is 2.54. The van der Waals surface area contributed by atoms with Gasteiger partial charge in [-0.25, -0.2) is 9.78 Å². The number of nitrogens with two attached hydrogens (primary N) is 1. The van der Waals surface area contributed by atoms with Crippen molar-refractivity contribution in [3.63, 3.8) is 0 Å². The van der Waals surface area contributed by atoms with Gasteiger partial charge in [0.15, 0.2) is 22.7 Å². The number of aliphatic carboxylic acids is 1. The highest BCUT2D eigenvalue weighted by molar-refractivity contribution is 8.00. The minimum Gasteiger partial charge on any atom is -0.477 e. The van der Waals surface area contributed by atoms with Crippen LogP contribution in [0, 0.1) is 11.5 Å². The van der Waals surface area contributed by atoms with Crippen LogP contribution < -0.4 is 16.4 Å². The Labute approximate surface area is 263 Å². The van der Waals surface area contributed by atoms with E-state index in [0.29, 0.717) is 29.1 Å². The molecule has 4 aliphatic rings. The van der Waals surface area contributed by atoms with E-state index in [1.165, 1.54) is 22.7 Å². The van der Waals surface area contributed by atoms with Crippen molar-refractivity contribution in [3.8, 4) is 6.19 Å². The van der Waals surface area contributed by atoms with E-state index >= 15 is 0 Å². The number of nitrogens with one attached hydrogen (secondary N) is 2. The summed E-state index contributed by atoms with van der Waals surface area (Å²) in [5.74, 6) is -2.87. The number of carboxylic acid groups (broad SMARTS) is 1. The molecule has 5 heterocycles. The number of hydrogen-bond acceptors (Lipinski definition) is 14. The van der Waals surface area contributed by atoms with Crippen molar-refractivity contribution in [3.05, 3.63) is 82.1 Å². The van der Waals surface area contributed by atoms with Crippen LogP contribution in [0.5, 0.6) is 0 Å². The average molecular weight is 649 g/mol. The number of thioether (sulfide) groups is 1. The second kappa shape index (κ2) is 13.4. The monoisotopic (exact) mass is 648 g/mol. The van der Waals surface area contributed by atoms with Crippen LogP contribution in [-0.4, -0.2) is 79.6 Å². The number of oxime groups is 1. The highest BCUT2D eigenvalue weighted by atomic mass is 32.2. The average Bonchev–Trinajstić information content (AvgIpc) is 3.70. The molecule has 5 N–H and O–H groups in total. The first-order chi connectivity index (χ1) is 21.7. The molecule has 4 aliphatic heterocycles. The number of nitrogens with zero attached hydrogens (tertiary/aromatic N) is 7. The van der Waals surface area contributed by atoms with Crippen LogP contribution >= 0.6 is 23.1 Å². The van der Waals surface area contributed by atoms with Gasteiger partial charge >= 0.3 is 5.97 Å². The molecule has 2 atom stereocenters. The first-order valence-corrected chi connectivity index (χ1v) is 15.1. The summed E-state index contributed by atoms with van der Waals surface area (Å²) < 4.78 is 0. The molecule has 1 fully saturated rings. The number of nitriles is 1. The third kappa shape index (κ3) is 6.53. The number of carbonyl (C=O) groups is 4. The first-order valence-electron chi connectivity index (χ1n) is 13.2. The van der Waals surface area contributed by atoms with Crippen molar-refractivity contribution in [1.82, 2.24) is 25.4 Å². The van der Waals surface area contributed by atoms with Crippen LogP contribution in [-0.2, 0) is 24.0 Å². The van der Waals surface area contributed by atoms with Crippen LogP contribution in [0.15, 0.2) is 91.8 Å². The van der Waals surface area contributed by atoms with Gasteiger partial charge in [-0.1, -0.05) is 17.3 Å². The molecular weight excluding hydrogens is 624 g/mol. The van der Waals surface area contributed by atoms with Crippen LogP contribution in [0.4, 0.5) is 5.13 Å². The Balaban J connectivity index is 1.23. The molecule has 5 rings (SSSR count). The normalized spacial score (nSPS) is 20.7. The number of fused-ring (bicyclic) bond motifs is 1. The van der Waals surface area contributed by atoms with Gasteiger partial charge < -0.3 is 25.9 Å². The topological polar surface area (TPSA) is 228 Å². The Morgan fingerprint density at radius 3 is 2.76 bits per heavy atom. The van der Waals surface area contributed by atoms with Crippen LogP contribution in [0.2, 0.25) is 0 Å². The standard InChI is InChI=1S/C27H24N10O6S2/c1-2-43-35-19(18-12-45-27(29)31-18)23(39)32-20-24(40)37-21(26(41)42)15(11-44-25(20)37)4-3-7-36-8-5-14(6-9-36)16-10-17(34-33-16)22(38)30-13-28/h3-6,8-10,12,20,25H,2,7,11H2,1H3,(H2,29,31)(H,30,38)(H,32,39)(H,41,42)/b4-3-,35-19-/t20-,25-/m1/s1. The molecule has 0 bridgehead atoms. The summed E-state index contributed by atoms with van der Waals surface area (Å²) >= 11 is 2.44. The van der Waals surface area contributed by atoms with Crippen molar-refractivity contribution in [1.29, 1.82) is 5.26 Å². The number of carboxylic acids is 1. The molecule has 18 heteroatoms. The van der Waals surface area contributed by atoms with E-state index in [4.69, 9.17) is 15.8 Å². The molecular formula is C27H24N10O6S2. The number of carbonyl (C=O) groups excluding carboxylic acids is 3. The number of rotatable bonds is 10. The lowest BCUT2D eigenvalue weighted by atomic mass is 10.0. The third-order valence-electron chi connectivity index (χ3n) is 6.51. The minimum absolute atomic E-state index is 0.0251. The van der Waals surface area contributed by atoms with Gasteiger partial charge in [0.25, 0.3) is 17.7 Å². The number of hydrogen-bond donors (Lipinski definition) is 4. The SMILES string of the molecule is CCO/N=C(\C(=O)N[C@@H]1C(=O)N2C(C(=O)O)=C(/C=C\CN3C=CC(=C4C=C(C(=O)NC#N)N=N4)C=C3)CS[C@H]12)c1csc(N)n1. The quantitative estimate of drug-likeness (QED) is 0.0929. The molecule has 0 aliphatic carbocycles. The summed E-state index contributed by atoms with van der Waals surface area (Å²) in [6.45, 7) is 2.29. The van der Waals surface area contributed by atoms with E-state index in [0.717, 1.165) is 11.3 Å². The lowest BCUT2D eigenvalue weighted by Crippen LogP contribution is -2.71. The number of amides is 3. The fourth-order valence-corrected chi connectivity index (χ4v) is 6.31. The van der Waals surface area contributed by atoms with Gasteiger partial charge in [0.1, 0.15) is 29.4 Å². The second-order valence-electron chi connectivity index (χ2n) is 9.34. The maximum Gasteiger partial charge on any atom is 0.352 e. The number of azo groups is 1. The summed E-state index contributed by atoms with van der Waals surface area (Å²) in [5, 5.41) is 35.9. The van der Waals surface area contributed by atoms with Crippen LogP contribution in [0.1, 0.15) is 12.6 Å². The highest BCUT2D eigenvalue weighted by Crippen LogP contribution is 2.40. The molecule has 0 spiro atoms. The van der Waals surface area contributed by atoms with Gasteiger partial charge in [-0.05, 0) is 30.7 Å². The first kappa shape index (κ1) is 30.9. The van der Waals surface area contributed by atoms with Crippen molar-refractivity contribution >= 4 is 57.6 Å². The number of aromatic nitrogens is 1. The van der Waals surface area contributed by atoms with Gasteiger partial charge in [-0.3, -0.25) is 24.6 Å². The molecule has 0 radical (unpaired) electrons. The zero-order valence-corrected chi connectivity index (χ0v) is 25.0. The Morgan fingerprint density at radius 1 is 1.31 bits per heavy atom. The zero-order chi connectivity index (χ0) is 32.1. The lowest BCUT2D eigenvalue weighted by Gasteiger charge is -2.49. The molecule has 1 saturated heterocycles. The third-order valence-corrected chi connectivity index (χ3v) is 8.49. The second-order valence-corrected chi connectivity index (χ2v) is 11.3. The molecule has 16 nitrogen and oxygen atoms in total. The van der Waals surface area contributed by atoms with E-state index in [9.17, 15) is 24.3 Å². The smallest absolute Gasteiger partial charge is 0.352 e. The Morgan fingerprint density at radius 2 is 2.09 bits per heavy atom. The largest absolute Gasteiger partial charge is 0.477 e. The van der Waals surface area contributed by atoms with Crippen LogP contribution in [0.25, 0.3) is 0 Å². The van der Waals surface area contributed by atoms with E-state index in [2.05, 4.69) is 25.7 Å². The van der Waals surface area contributed by atoms with Gasteiger partial charge in [0.05, 0.1) is 5.70 Å². The molecule has 1 aromatic heterocycles. The number of thiazole rings is 1. The van der Waals surface area contributed by atoms with Gasteiger partial charge in [-0.15, -0.1) is 33.3 Å². The van der Waals surface area contributed by atoms with Gasteiger partial charge in [-0.2, -0.15) is 5.26 Å². The predicted molar refractivity (Wildman–Crippen MR) is 162 cm³/mol. The van der Waals surface area contributed by atoms with Crippen LogP contribution in [0.3, 0.4) is 0 Å². The van der Waals surface area contributed by atoms with E-state index in [-0.39, 0.29) is 34.5 Å². The molecule has 3 amide bonds. The molecule has 230 valence electrons. The molecule has 0 aromatic carbocycles. The summed E-state index contributed by atoms with van der Waals surface area (Å²) in [4.78, 5) is 62.2. The van der Waals surface area contributed by atoms with Gasteiger partial charge in [0, 0.05) is 35.7 Å². The van der Waals surface area contributed by atoms with E-state index in [1.807, 2.05) is 10.2 Å². The van der Waals surface area contributed by atoms with Crippen molar-refractivity contribution in [2.45, 2.75) is 18.3 Å². The maximum absolute atomic E-state index is 13.1. The van der Waals surface area contributed by atoms with Crippen molar-refractivity contribution in [2.75, 3.05) is 24.6 Å².